The number of carbonyl (C=O) groups is 2. The van der Waals surface area contributed by atoms with Crippen molar-refractivity contribution < 1.29 is 24.4 Å². The summed E-state index contributed by atoms with van der Waals surface area (Å²) in [5.41, 5.74) is 1.46. The van der Waals surface area contributed by atoms with Crippen LogP contribution in [0.3, 0.4) is 0 Å². The highest BCUT2D eigenvalue weighted by Crippen LogP contribution is 2.40. The summed E-state index contributed by atoms with van der Waals surface area (Å²) in [5.74, 6) is -1.17. The van der Waals surface area contributed by atoms with Crippen LogP contribution in [-0.4, -0.2) is 64.8 Å². The van der Waals surface area contributed by atoms with E-state index in [-0.39, 0.29) is 23.6 Å². The Balaban J connectivity index is 2.13. The van der Waals surface area contributed by atoms with E-state index in [0.29, 0.717) is 29.0 Å². The van der Waals surface area contributed by atoms with Crippen LogP contribution in [0, 0.1) is 17.0 Å². The lowest BCUT2D eigenvalue weighted by Crippen LogP contribution is -2.38. The van der Waals surface area contributed by atoms with E-state index in [1.54, 1.807) is 25.1 Å². The van der Waals surface area contributed by atoms with E-state index in [0.717, 1.165) is 13.1 Å². The maximum Gasteiger partial charge on any atom is 0.295 e. The Morgan fingerprint density at radius 1 is 1.15 bits per heavy atom. The lowest BCUT2D eigenvalue weighted by Gasteiger charge is -2.28. The molecule has 1 saturated heterocycles. The minimum Gasteiger partial charge on any atom is -0.507 e. The molecule has 0 spiro atoms. The molecule has 0 saturated carbocycles. The first kappa shape index (κ1) is 24.9. The number of methoxy groups -OCH3 is 1. The van der Waals surface area contributed by atoms with Gasteiger partial charge in [0.2, 0.25) is 0 Å². The predicted octanol–water partition coefficient (Wildman–Crippen LogP) is 3.68. The number of rotatable bonds is 9. The van der Waals surface area contributed by atoms with Crippen LogP contribution in [0.15, 0.2) is 48.0 Å². The number of nitro benzene ring substituents is 1. The summed E-state index contributed by atoms with van der Waals surface area (Å²) in [6, 6.07) is 9.88. The molecule has 0 bridgehead atoms. The van der Waals surface area contributed by atoms with Crippen molar-refractivity contribution in [2.24, 2.45) is 0 Å². The number of likely N-dealkylation sites (tertiary alicyclic amines) is 1. The number of aliphatic hydroxyl groups is 1. The third-order valence-electron chi connectivity index (χ3n) is 6.20. The zero-order valence-electron chi connectivity index (χ0n) is 19.8. The molecule has 1 amide bonds. The van der Waals surface area contributed by atoms with E-state index in [2.05, 4.69) is 4.90 Å². The molecule has 0 unspecified atom stereocenters. The average Bonchev–Trinajstić information content (AvgIpc) is 3.09. The third-order valence-corrected chi connectivity index (χ3v) is 6.20. The number of hydrogen-bond donors (Lipinski definition) is 1. The van der Waals surface area contributed by atoms with Crippen molar-refractivity contribution >= 4 is 23.1 Å². The Kier molecular flexibility index (Phi) is 7.68. The number of amides is 1. The molecule has 9 nitrogen and oxygen atoms in total. The first-order chi connectivity index (χ1) is 16.2. The zero-order valence-corrected chi connectivity index (χ0v) is 19.8. The lowest BCUT2D eigenvalue weighted by atomic mass is 9.93. The second kappa shape index (κ2) is 10.5. The normalized spacial score (nSPS) is 17.4. The Hall–Kier alpha value is -3.72. The SMILES string of the molecule is CCN(CC)CCN1C(=O)C(=O)C(=C(O)c2ccc(OC)cc2C)[C@@H]1c1ccc([N+](=O)[O-])cc1. The highest BCUT2D eigenvalue weighted by molar-refractivity contribution is 6.46. The van der Waals surface area contributed by atoms with E-state index in [1.165, 1.54) is 36.3 Å². The van der Waals surface area contributed by atoms with Crippen molar-refractivity contribution in [2.45, 2.75) is 26.8 Å². The van der Waals surface area contributed by atoms with Crippen LogP contribution in [0.5, 0.6) is 5.75 Å². The number of Topliss-reactive ketones (excluding diaryl/α,β-unsaturated/α-hetero) is 1. The molecule has 2 aromatic carbocycles. The number of likely N-dealkylation sites (N-methyl/N-ethyl adjacent to an activating group) is 1. The van der Waals surface area contributed by atoms with Crippen LogP contribution in [0.2, 0.25) is 0 Å². The number of carbonyl (C=O) groups excluding carboxylic acids is 2. The van der Waals surface area contributed by atoms with Gasteiger partial charge in [0.15, 0.2) is 0 Å². The maximum absolute atomic E-state index is 13.2. The van der Waals surface area contributed by atoms with Crippen LogP contribution in [-0.2, 0) is 9.59 Å². The van der Waals surface area contributed by atoms with Crippen molar-refractivity contribution in [3.05, 3.63) is 74.8 Å². The molecule has 1 fully saturated rings. The number of non-ortho nitro benzene ring substituents is 1. The largest absolute Gasteiger partial charge is 0.507 e. The molecular weight excluding hydrogens is 438 g/mol. The average molecular weight is 468 g/mol. The Morgan fingerprint density at radius 2 is 1.79 bits per heavy atom. The summed E-state index contributed by atoms with van der Waals surface area (Å²) in [5, 5.41) is 22.4. The van der Waals surface area contributed by atoms with Crippen molar-refractivity contribution in [1.82, 2.24) is 9.80 Å². The quantitative estimate of drug-likeness (QED) is 0.197. The summed E-state index contributed by atoms with van der Waals surface area (Å²) in [4.78, 5) is 40.4. The van der Waals surface area contributed by atoms with Crippen molar-refractivity contribution in [1.29, 1.82) is 0 Å². The highest BCUT2D eigenvalue weighted by Gasteiger charge is 2.46. The van der Waals surface area contributed by atoms with Gasteiger partial charge in [-0.3, -0.25) is 19.7 Å². The molecule has 2 aromatic rings. The number of ether oxygens (including phenoxy) is 1. The number of ketones is 1. The monoisotopic (exact) mass is 467 g/mol. The molecule has 1 heterocycles. The van der Waals surface area contributed by atoms with Crippen molar-refractivity contribution in [3.63, 3.8) is 0 Å². The first-order valence-corrected chi connectivity index (χ1v) is 11.1. The van der Waals surface area contributed by atoms with Gasteiger partial charge in [-0.05, 0) is 61.5 Å². The number of aliphatic hydroxyl groups excluding tert-OH is 1. The minimum absolute atomic E-state index is 0.0355. The fourth-order valence-corrected chi connectivity index (χ4v) is 4.20. The van der Waals surface area contributed by atoms with Gasteiger partial charge in [0.05, 0.1) is 23.6 Å². The van der Waals surface area contributed by atoms with Gasteiger partial charge in [-0.2, -0.15) is 0 Å². The number of hydrogen-bond acceptors (Lipinski definition) is 7. The fourth-order valence-electron chi connectivity index (χ4n) is 4.20. The van der Waals surface area contributed by atoms with Crippen LogP contribution in [0.1, 0.15) is 36.6 Å². The van der Waals surface area contributed by atoms with Crippen molar-refractivity contribution in [3.8, 4) is 5.75 Å². The fraction of sp³-hybridized carbons (Fsp3) is 0.360. The third kappa shape index (κ3) is 4.79. The number of benzene rings is 2. The zero-order chi connectivity index (χ0) is 25.0. The molecule has 0 aliphatic carbocycles. The summed E-state index contributed by atoms with van der Waals surface area (Å²) in [6.07, 6.45) is 0. The molecule has 1 aliphatic rings. The molecule has 0 radical (unpaired) electrons. The molecule has 1 aliphatic heterocycles. The summed E-state index contributed by atoms with van der Waals surface area (Å²) in [7, 11) is 1.53. The Labute approximate surface area is 198 Å². The standard InChI is InChI=1S/C25H29N3O6/c1-5-26(6-2)13-14-27-22(17-7-9-18(10-8-17)28(32)33)21(24(30)25(27)31)23(29)20-12-11-19(34-4)15-16(20)3/h7-12,15,22,29H,5-6,13-14H2,1-4H3/t22-/m0/s1. The van der Waals surface area contributed by atoms with E-state index in [4.69, 9.17) is 4.74 Å². The van der Waals surface area contributed by atoms with Gasteiger partial charge in [-0.25, -0.2) is 0 Å². The van der Waals surface area contributed by atoms with Gasteiger partial charge in [-0.15, -0.1) is 0 Å². The summed E-state index contributed by atoms with van der Waals surface area (Å²) in [6.45, 7) is 8.18. The van der Waals surface area contributed by atoms with Crippen LogP contribution < -0.4 is 4.74 Å². The smallest absolute Gasteiger partial charge is 0.295 e. The number of nitrogens with zero attached hydrogens (tertiary/aromatic N) is 3. The minimum atomic E-state index is -0.863. The number of aryl methyl sites for hydroxylation is 1. The summed E-state index contributed by atoms with van der Waals surface area (Å²) < 4.78 is 5.22. The van der Waals surface area contributed by atoms with E-state index in [1.807, 2.05) is 13.8 Å². The second-order valence-electron chi connectivity index (χ2n) is 8.05. The highest BCUT2D eigenvalue weighted by atomic mass is 16.6. The predicted molar refractivity (Wildman–Crippen MR) is 128 cm³/mol. The topological polar surface area (TPSA) is 113 Å². The van der Waals surface area contributed by atoms with Crippen LogP contribution in [0.4, 0.5) is 5.69 Å². The van der Waals surface area contributed by atoms with Gasteiger partial charge in [0.1, 0.15) is 11.5 Å². The van der Waals surface area contributed by atoms with Gasteiger partial charge >= 0.3 is 0 Å². The molecule has 3 rings (SSSR count). The van der Waals surface area contributed by atoms with Crippen LogP contribution >= 0.6 is 0 Å². The maximum atomic E-state index is 13.2. The lowest BCUT2D eigenvalue weighted by molar-refractivity contribution is -0.384. The van der Waals surface area contributed by atoms with E-state index in [9.17, 15) is 24.8 Å². The van der Waals surface area contributed by atoms with Gasteiger partial charge in [-0.1, -0.05) is 13.8 Å². The van der Waals surface area contributed by atoms with Crippen molar-refractivity contribution in [2.75, 3.05) is 33.3 Å². The molecule has 180 valence electrons. The second-order valence-corrected chi connectivity index (χ2v) is 8.05. The molecule has 1 atom stereocenters. The molecule has 34 heavy (non-hydrogen) atoms. The Morgan fingerprint density at radius 3 is 2.32 bits per heavy atom. The molecule has 1 N–H and O–H groups in total. The Bertz CT molecular complexity index is 1120. The number of nitro groups is 1. The molecule has 9 heteroatoms. The summed E-state index contributed by atoms with van der Waals surface area (Å²) >= 11 is 0. The van der Waals surface area contributed by atoms with Gasteiger partial charge in [0, 0.05) is 30.8 Å². The van der Waals surface area contributed by atoms with E-state index >= 15 is 0 Å². The van der Waals surface area contributed by atoms with Crippen LogP contribution in [0.25, 0.3) is 5.76 Å². The van der Waals surface area contributed by atoms with E-state index < -0.39 is 22.7 Å². The van der Waals surface area contributed by atoms with Gasteiger partial charge in [0.25, 0.3) is 17.4 Å². The van der Waals surface area contributed by atoms with Gasteiger partial charge < -0.3 is 19.6 Å². The first-order valence-electron chi connectivity index (χ1n) is 11.1. The molecule has 0 aromatic heterocycles. The molecular formula is C25H29N3O6.